The fraction of sp³-hybridized carbons (Fsp3) is 0.560. The zero-order valence-electron chi connectivity index (χ0n) is 20.3. The number of carbonyl (C=O) groups excluding carboxylic acids is 1. The highest BCUT2D eigenvalue weighted by atomic mass is 35.5. The first-order chi connectivity index (χ1) is 15.0. The summed E-state index contributed by atoms with van der Waals surface area (Å²) >= 11 is 6.53. The predicted molar refractivity (Wildman–Crippen MR) is 131 cm³/mol. The standard InChI is InChI=1S/C25H38ClNO5/c1-17(9-8-10-20(16-28)31-6)13-19-14-21(24(26)22(15-19)32-7)27(5)23(30)11-12-25(3,4)18(2)29/h8-10,14-15,18,20,28-29H,11-13,16H2,1-7H3/b10-8+,17-9+/t18-,20+/m0/s1. The van der Waals surface area contributed by atoms with Crippen LogP contribution >= 0.6 is 11.6 Å². The van der Waals surface area contributed by atoms with Gasteiger partial charge < -0.3 is 24.6 Å². The van der Waals surface area contributed by atoms with Gasteiger partial charge in [0.25, 0.3) is 0 Å². The van der Waals surface area contributed by atoms with E-state index in [1.165, 1.54) is 0 Å². The topological polar surface area (TPSA) is 79.2 Å². The van der Waals surface area contributed by atoms with Crippen molar-refractivity contribution in [1.82, 2.24) is 0 Å². The van der Waals surface area contributed by atoms with Gasteiger partial charge >= 0.3 is 0 Å². The van der Waals surface area contributed by atoms with Crippen LogP contribution < -0.4 is 9.64 Å². The summed E-state index contributed by atoms with van der Waals surface area (Å²) in [6.45, 7) is 7.55. The van der Waals surface area contributed by atoms with Crippen molar-refractivity contribution in [1.29, 1.82) is 0 Å². The molecule has 0 aliphatic rings. The summed E-state index contributed by atoms with van der Waals surface area (Å²) < 4.78 is 10.6. The molecule has 0 heterocycles. The molecule has 0 radical (unpaired) electrons. The molecule has 0 bridgehead atoms. The number of amides is 1. The van der Waals surface area contributed by atoms with Crippen molar-refractivity contribution >= 4 is 23.2 Å². The van der Waals surface area contributed by atoms with Crippen molar-refractivity contribution in [3.8, 4) is 5.75 Å². The molecule has 1 aromatic rings. The molecule has 180 valence electrons. The van der Waals surface area contributed by atoms with Crippen molar-refractivity contribution in [3.05, 3.63) is 46.5 Å². The van der Waals surface area contributed by atoms with Crippen LogP contribution in [0.5, 0.6) is 5.75 Å². The van der Waals surface area contributed by atoms with Crippen LogP contribution in [0.3, 0.4) is 0 Å². The van der Waals surface area contributed by atoms with Gasteiger partial charge in [-0.15, -0.1) is 0 Å². The van der Waals surface area contributed by atoms with Crippen LogP contribution in [0.1, 0.15) is 46.1 Å². The van der Waals surface area contributed by atoms with Crippen LogP contribution in [-0.2, 0) is 16.0 Å². The Hall–Kier alpha value is -1.86. The van der Waals surface area contributed by atoms with Gasteiger partial charge in [0.2, 0.25) is 5.91 Å². The highest BCUT2D eigenvalue weighted by Gasteiger charge is 2.26. The average Bonchev–Trinajstić information content (AvgIpc) is 2.75. The van der Waals surface area contributed by atoms with Gasteiger partial charge in [-0.25, -0.2) is 0 Å². The van der Waals surface area contributed by atoms with E-state index in [0.717, 1.165) is 11.1 Å². The van der Waals surface area contributed by atoms with Gasteiger partial charge in [-0.05, 0) is 49.8 Å². The summed E-state index contributed by atoms with van der Waals surface area (Å²) in [7, 11) is 4.80. The molecule has 0 fully saturated rings. The molecule has 0 unspecified atom stereocenters. The molecule has 2 atom stereocenters. The number of benzene rings is 1. The van der Waals surface area contributed by atoms with E-state index in [2.05, 4.69) is 0 Å². The van der Waals surface area contributed by atoms with E-state index in [4.69, 9.17) is 21.1 Å². The second-order valence-corrected chi connectivity index (χ2v) is 9.16. The number of halogens is 1. The molecular formula is C25H38ClNO5. The average molecular weight is 468 g/mol. The van der Waals surface area contributed by atoms with Crippen molar-refractivity contribution in [3.63, 3.8) is 0 Å². The van der Waals surface area contributed by atoms with E-state index in [1.807, 2.05) is 45.1 Å². The number of hydrogen-bond acceptors (Lipinski definition) is 5. The second kappa shape index (κ2) is 13.0. The number of ether oxygens (including phenoxy) is 2. The van der Waals surface area contributed by atoms with E-state index in [1.54, 1.807) is 39.2 Å². The number of nitrogens with zero attached hydrogens (tertiary/aromatic N) is 1. The molecule has 0 aliphatic heterocycles. The molecule has 0 saturated heterocycles. The summed E-state index contributed by atoms with van der Waals surface area (Å²) in [4.78, 5) is 14.4. The highest BCUT2D eigenvalue weighted by Crippen LogP contribution is 2.37. The van der Waals surface area contributed by atoms with Gasteiger partial charge in [0.1, 0.15) is 10.8 Å². The maximum Gasteiger partial charge on any atom is 0.226 e. The molecule has 7 heteroatoms. The fourth-order valence-corrected chi connectivity index (χ4v) is 3.32. The maximum atomic E-state index is 12.9. The Labute approximate surface area is 197 Å². The van der Waals surface area contributed by atoms with Gasteiger partial charge in [0.05, 0.1) is 31.6 Å². The number of rotatable bonds is 12. The first kappa shape index (κ1) is 28.2. The lowest BCUT2D eigenvalue weighted by atomic mass is 9.82. The molecule has 0 saturated carbocycles. The maximum absolute atomic E-state index is 12.9. The van der Waals surface area contributed by atoms with Crippen LogP contribution in [0.2, 0.25) is 5.02 Å². The lowest BCUT2D eigenvalue weighted by molar-refractivity contribution is -0.119. The minimum atomic E-state index is -0.507. The van der Waals surface area contributed by atoms with E-state index < -0.39 is 6.10 Å². The minimum absolute atomic E-state index is 0.0770. The smallest absolute Gasteiger partial charge is 0.226 e. The Balaban J connectivity index is 3.06. The Bertz CT molecular complexity index is 813. The molecule has 32 heavy (non-hydrogen) atoms. The van der Waals surface area contributed by atoms with Gasteiger partial charge in [-0.1, -0.05) is 49.2 Å². The molecule has 2 N–H and O–H groups in total. The molecule has 0 aromatic heterocycles. The predicted octanol–water partition coefficient (Wildman–Crippen LogP) is 4.55. The molecule has 1 aromatic carbocycles. The highest BCUT2D eigenvalue weighted by molar-refractivity contribution is 6.35. The number of hydrogen-bond donors (Lipinski definition) is 2. The number of allylic oxidation sites excluding steroid dienone is 3. The zero-order chi connectivity index (χ0) is 24.5. The van der Waals surface area contributed by atoms with Crippen LogP contribution in [0.15, 0.2) is 35.9 Å². The summed E-state index contributed by atoms with van der Waals surface area (Å²) in [5, 5.41) is 19.5. The summed E-state index contributed by atoms with van der Waals surface area (Å²) in [5.41, 5.74) is 2.27. The first-order valence-corrected chi connectivity index (χ1v) is 11.1. The molecule has 0 aliphatic carbocycles. The van der Waals surface area contributed by atoms with Crippen LogP contribution in [-0.4, -0.2) is 56.2 Å². The molecule has 6 nitrogen and oxygen atoms in total. The molecule has 0 spiro atoms. The third-order valence-electron chi connectivity index (χ3n) is 5.82. The van der Waals surface area contributed by atoms with Crippen molar-refractivity contribution in [2.75, 3.05) is 32.8 Å². The Kier molecular flexibility index (Phi) is 11.4. The van der Waals surface area contributed by atoms with E-state index in [0.29, 0.717) is 35.7 Å². The molecule has 1 rings (SSSR count). The first-order valence-electron chi connectivity index (χ1n) is 10.8. The Morgan fingerprint density at radius 3 is 2.50 bits per heavy atom. The number of aliphatic hydroxyl groups excluding tert-OH is 2. The number of methoxy groups -OCH3 is 2. The zero-order valence-corrected chi connectivity index (χ0v) is 21.1. The quantitative estimate of drug-likeness (QED) is 0.441. The Morgan fingerprint density at radius 1 is 1.31 bits per heavy atom. The lowest BCUT2D eigenvalue weighted by Crippen LogP contribution is -2.31. The number of aliphatic hydroxyl groups is 2. The van der Waals surface area contributed by atoms with Crippen LogP contribution in [0.25, 0.3) is 0 Å². The molecular weight excluding hydrogens is 430 g/mol. The lowest BCUT2D eigenvalue weighted by Gasteiger charge is -2.29. The van der Waals surface area contributed by atoms with E-state index in [-0.39, 0.29) is 24.0 Å². The second-order valence-electron chi connectivity index (χ2n) is 8.78. The summed E-state index contributed by atoms with van der Waals surface area (Å²) in [6, 6.07) is 3.77. The van der Waals surface area contributed by atoms with Gasteiger partial charge in [0, 0.05) is 20.6 Å². The third kappa shape index (κ3) is 8.24. The normalized spacial score (nSPS) is 14.5. The SMILES string of the molecule is COc1cc(C/C(C)=C/C=C/[C@H](CO)OC)cc(N(C)C(=O)CCC(C)(C)[C@H](C)O)c1Cl. The van der Waals surface area contributed by atoms with Crippen LogP contribution in [0.4, 0.5) is 5.69 Å². The van der Waals surface area contributed by atoms with Crippen molar-refractivity contribution in [2.24, 2.45) is 5.41 Å². The van der Waals surface area contributed by atoms with Gasteiger partial charge in [0.15, 0.2) is 0 Å². The van der Waals surface area contributed by atoms with Crippen LogP contribution in [0, 0.1) is 5.41 Å². The molecule has 1 amide bonds. The number of carbonyl (C=O) groups is 1. The largest absolute Gasteiger partial charge is 0.495 e. The van der Waals surface area contributed by atoms with E-state index >= 15 is 0 Å². The number of anilines is 1. The van der Waals surface area contributed by atoms with Gasteiger partial charge in [-0.3, -0.25) is 4.79 Å². The van der Waals surface area contributed by atoms with E-state index in [9.17, 15) is 15.0 Å². The van der Waals surface area contributed by atoms with Crippen molar-refractivity contribution in [2.45, 2.75) is 59.2 Å². The fourth-order valence-electron chi connectivity index (χ4n) is 3.01. The summed E-state index contributed by atoms with van der Waals surface area (Å²) in [5.74, 6) is 0.427. The monoisotopic (exact) mass is 467 g/mol. The minimum Gasteiger partial charge on any atom is -0.495 e. The Morgan fingerprint density at radius 2 is 1.97 bits per heavy atom. The van der Waals surface area contributed by atoms with Crippen molar-refractivity contribution < 1.29 is 24.5 Å². The summed E-state index contributed by atoms with van der Waals surface area (Å²) in [6.07, 6.45) is 6.26. The van der Waals surface area contributed by atoms with Gasteiger partial charge in [-0.2, -0.15) is 0 Å². The third-order valence-corrected chi connectivity index (χ3v) is 6.20.